The van der Waals surface area contributed by atoms with E-state index in [1.807, 2.05) is 36.1 Å². The van der Waals surface area contributed by atoms with E-state index in [-0.39, 0.29) is 42.4 Å². The molecular weight excluding hydrogens is 335 g/mol. The second-order valence-corrected chi connectivity index (χ2v) is 6.86. The van der Waals surface area contributed by atoms with E-state index in [1.165, 1.54) is 0 Å². The molecule has 2 N–H and O–H groups in total. The number of benzene rings is 1. The number of hydrogen-bond donors (Lipinski definition) is 1. The summed E-state index contributed by atoms with van der Waals surface area (Å²) in [5.41, 5.74) is 6.91. The van der Waals surface area contributed by atoms with Gasteiger partial charge in [0.05, 0.1) is 19.2 Å². The molecule has 0 radical (unpaired) electrons. The highest BCUT2D eigenvalue weighted by Crippen LogP contribution is 2.33. The Kier molecular flexibility index (Phi) is 6.32. The van der Waals surface area contributed by atoms with Gasteiger partial charge >= 0.3 is 0 Å². The van der Waals surface area contributed by atoms with Gasteiger partial charge in [0.25, 0.3) is 0 Å². The molecule has 4 nitrogen and oxygen atoms in total. The molecule has 128 valence electrons. The van der Waals surface area contributed by atoms with Gasteiger partial charge in [0.2, 0.25) is 5.91 Å². The van der Waals surface area contributed by atoms with Crippen LogP contribution in [0, 0.1) is 5.92 Å². The number of hydrogen-bond acceptors (Lipinski definition) is 3. The molecule has 23 heavy (non-hydrogen) atoms. The highest BCUT2D eigenvalue weighted by Gasteiger charge is 2.37. The van der Waals surface area contributed by atoms with Crippen molar-refractivity contribution in [3.8, 4) is 0 Å². The van der Waals surface area contributed by atoms with Crippen LogP contribution in [0.5, 0.6) is 0 Å². The normalized spacial score (nSPS) is 30.8. The predicted molar refractivity (Wildman–Crippen MR) is 93.9 cm³/mol. The zero-order valence-corrected chi connectivity index (χ0v) is 14.9. The molecule has 1 amide bonds. The Bertz CT molecular complexity index is 555. The Balaban J connectivity index is 0.00000192. The van der Waals surface area contributed by atoms with Crippen LogP contribution in [0.15, 0.2) is 24.3 Å². The van der Waals surface area contributed by atoms with E-state index in [9.17, 15) is 4.79 Å². The number of carbonyl (C=O) groups is 1. The molecule has 4 unspecified atom stereocenters. The van der Waals surface area contributed by atoms with Crippen molar-refractivity contribution in [2.75, 3.05) is 13.2 Å². The predicted octanol–water partition coefficient (Wildman–Crippen LogP) is 3.18. The molecule has 6 heteroatoms. The molecule has 3 rings (SSSR count). The third kappa shape index (κ3) is 4.00. The van der Waals surface area contributed by atoms with Crippen LogP contribution in [-0.4, -0.2) is 36.0 Å². The standard InChI is InChI=1S/C17H23ClN2O2.ClH/c1-11-10-22-16(14-4-2-3-5-15(14)18)9-20(11)17(21)12-6-7-13(19)8-12;/h2-5,11-13,16H,6-10,19H2,1H3;1H. The van der Waals surface area contributed by atoms with Crippen molar-refractivity contribution < 1.29 is 9.53 Å². The van der Waals surface area contributed by atoms with Crippen molar-refractivity contribution in [1.82, 2.24) is 4.90 Å². The SMILES string of the molecule is CC1COC(c2ccccc2Cl)CN1C(=O)C1CCC(N)C1.Cl. The van der Waals surface area contributed by atoms with Gasteiger partial charge in [-0.05, 0) is 32.3 Å². The zero-order chi connectivity index (χ0) is 15.7. The number of halogens is 2. The summed E-state index contributed by atoms with van der Waals surface area (Å²) in [6.07, 6.45) is 2.51. The van der Waals surface area contributed by atoms with E-state index < -0.39 is 0 Å². The molecule has 1 aliphatic carbocycles. The van der Waals surface area contributed by atoms with Gasteiger partial charge in [-0.1, -0.05) is 29.8 Å². The lowest BCUT2D eigenvalue weighted by atomic mass is 10.0. The van der Waals surface area contributed by atoms with Crippen molar-refractivity contribution in [2.45, 2.75) is 44.4 Å². The molecule has 2 aliphatic rings. The van der Waals surface area contributed by atoms with Crippen LogP contribution in [0.3, 0.4) is 0 Å². The minimum absolute atomic E-state index is 0. The monoisotopic (exact) mass is 358 g/mol. The van der Waals surface area contributed by atoms with Crippen molar-refractivity contribution in [1.29, 1.82) is 0 Å². The topological polar surface area (TPSA) is 55.6 Å². The first-order valence-electron chi connectivity index (χ1n) is 7.98. The highest BCUT2D eigenvalue weighted by atomic mass is 35.5. The maximum atomic E-state index is 12.8. The molecule has 1 aromatic carbocycles. The first-order chi connectivity index (χ1) is 10.6. The highest BCUT2D eigenvalue weighted by molar-refractivity contribution is 6.31. The van der Waals surface area contributed by atoms with Crippen molar-refractivity contribution >= 4 is 29.9 Å². The van der Waals surface area contributed by atoms with Gasteiger partial charge in [-0.15, -0.1) is 12.4 Å². The number of carbonyl (C=O) groups excluding carboxylic acids is 1. The van der Waals surface area contributed by atoms with Crippen LogP contribution in [0.2, 0.25) is 5.02 Å². The summed E-state index contributed by atoms with van der Waals surface area (Å²) in [7, 11) is 0. The number of morpholine rings is 1. The fraction of sp³-hybridized carbons (Fsp3) is 0.588. The van der Waals surface area contributed by atoms with Crippen molar-refractivity contribution in [3.05, 3.63) is 34.9 Å². The van der Waals surface area contributed by atoms with E-state index >= 15 is 0 Å². The molecular formula is C17H24Cl2N2O2. The fourth-order valence-electron chi connectivity index (χ4n) is 3.46. The molecule has 0 aromatic heterocycles. The van der Waals surface area contributed by atoms with Gasteiger partial charge in [-0.2, -0.15) is 0 Å². The van der Waals surface area contributed by atoms with E-state index in [0.717, 1.165) is 24.8 Å². The summed E-state index contributed by atoms with van der Waals surface area (Å²) in [5, 5.41) is 0.692. The summed E-state index contributed by atoms with van der Waals surface area (Å²) < 4.78 is 5.92. The smallest absolute Gasteiger partial charge is 0.226 e. The minimum atomic E-state index is -0.149. The van der Waals surface area contributed by atoms with Gasteiger partial charge in [0.1, 0.15) is 6.10 Å². The van der Waals surface area contributed by atoms with Gasteiger partial charge < -0.3 is 15.4 Å². The zero-order valence-electron chi connectivity index (χ0n) is 13.3. The summed E-state index contributed by atoms with van der Waals surface area (Å²) >= 11 is 6.27. The Morgan fingerprint density at radius 2 is 2.09 bits per heavy atom. The lowest BCUT2D eigenvalue weighted by molar-refractivity contribution is -0.148. The second kappa shape index (κ2) is 7.84. The van der Waals surface area contributed by atoms with Crippen LogP contribution in [0.1, 0.15) is 37.9 Å². The lowest BCUT2D eigenvalue weighted by Gasteiger charge is -2.39. The molecule has 1 saturated carbocycles. The summed E-state index contributed by atoms with van der Waals surface area (Å²) in [5.74, 6) is 0.295. The van der Waals surface area contributed by atoms with Gasteiger partial charge in [-0.25, -0.2) is 0 Å². The molecule has 4 atom stereocenters. The van der Waals surface area contributed by atoms with Gasteiger partial charge in [0.15, 0.2) is 0 Å². The molecule has 0 bridgehead atoms. The number of nitrogens with two attached hydrogens (primary N) is 1. The third-order valence-corrected chi connectivity index (χ3v) is 5.14. The molecule has 1 aliphatic heterocycles. The summed E-state index contributed by atoms with van der Waals surface area (Å²) in [6.45, 7) is 3.14. The lowest BCUT2D eigenvalue weighted by Crippen LogP contribution is -2.50. The van der Waals surface area contributed by atoms with Gasteiger partial charge in [-0.3, -0.25) is 4.79 Å². The average molecular weight is 359 g/mol. The molecule has 1 aromatic rings. The fourth-order valence-corrected chi connectivity index (χ4v) is 3.72. The van der Waals surface area contributed by atoms with E-state index in [1.54, 1.807) is 0 Å². The molecule has 1 heterocycles. The van der Waals surface area contributed by atoms with Crippen LogP contribution in [0.25, 0.3) is 0 Å². The molecule has 0 spiro atoms. The minimum Gasteiger partial charge on any atom is -0.369 e. The Morgan fingerprint density at radius 3 is 2.74 bits per heavy atom. The third-order valence-electron chi connectivity index (χ3n) is 4.79. The van der Waals surface area contributed by atoms with E-state index in [4.69, 9.17) is 22.1 Å². The van der Waals surface area contributed by atoms with Crippen LogP contribution in [-0.2, 0) is 9.53 Å². The number of amides is 1. The first kappa shape index (κ1) is 18.5. The van der Waals surface area contributed by atoms with Crippen LogP contribution in [0.4, 0.5) is 0 Å². The second-order valence-electron chi connectivity index (χ2n) is 6.45. The Morgan fingerprint density at radius 1 is 1.35 bits per heavy atom. The van der Waals surface area contributed by atoms with Crippen LogP contribution >= 0.6 is 24.0 Å². The Hall–Kier alpha value is -0.810. The van der Waals surface area contributed by atoms with E-state index in [0.29, 0.717) is 18.2 Å². The first-order valence-corrected chi connectivity index (χ1v) is 8.36. The largest absolute Gasteiger partial charge is 0.369 e. The number of ether oxygens (including phenoxy) is 1. The van der Waals surface area contributed by atoms with E-state index in [2.05, 4.69) is 0 Å². The van der Waals surface area contributed by atoms with Crippen molar-refractivity contribution in [3.63, 3.8) is 0 Å². The average Bonchev–Trinajstić information content (AvgIpc) is 2.94. The summed E-state index contributed by atoms with van der Waals surface area (Å²) in [6, 6.07) is 7.95. The maximum Gasteiger partial charge on any atom is 0.226 e. The molecule has 1 saturated heterocycles. The number of rotatable bonds is 2. The van der Waals surface area contributed by atoms with Crippen LogP contribution < -0.4 is 5.73 Å². The Labute approximate surface area is 148 Å². The van der Waals surface area contributed by atoms with Crippen molar-refractivity contribution in [2.24, 2.45) is 11.7 Å². The maximum absolute atomic E-state index is 12.8. The number of nitrogens with zero attached hydrogens (tertiary/aromatic N) is 1. The molecule has 2 fully saturated rings. The summed E-state index contributed by atoms with van der Waals surface area (Å²) in [4.78, 5) is 14.8. The quantitative estimate of drug-likeness (QED) is 0.883. The van der Waals surface area contributed by atoms with Gasteiger partial charge in [0, 0.05) is 22.5 Å².